The van der Waals surface area contributed by atoms with E-state index in [0.29, 0.717) is 17.7 Å². The highest BCUT2D eigenvalue weighted by molar-refractivity contribution is 7.07. The van der Waals surface area contributed by atoms with Crippen LogP contribution in [0, 0.1) is 5.82 Å². The van der Waals surface area contributed by atoms with Crippen molar-refractivity contribution in [1.82, 2.24) is 4.90 Å². The Morgan fingerprint density at radius 2 is 2.19 bits per heavy atom. The second kappa shape index (κ2) is 7.15. The first kappa shape index (κ1) is 15.4. The van der Waals surface area contributed by atoms with Gasteiger partial charge in [-0.15, -0.1) is 0 Å². The van der Waals surface area contributed by atoms with Crippen molar-refractivity contribution in [3.05, 3.63) is 63.6 Å². The fourth-order valence-electron chi connectivity index (χ4n) is 2.00. The van der Waals surface area contributed by atoms with Gasteiger partial charge in [0, 0.05) is 24.7 Å². The minimum Gasteiger partial charge on any atom is -0.478 e. The van der Waals surface area contributed by atoms with Gasteiger partial charge in [0.15, 0.2) is 0 Å². The number of carboxylic acid groups (broad SMARTS) is 1. The van der Waals surface area contributed by atoms with Crippen LogP contribution in [0.15, 0.2) is 41.1 Å². The summed E-state index contributed by atoms with van der Waals surface area (Å²) in [5, 5.41) is 12.7. The molecule has 110 valence electrons. The number of carboxylic acids is 1. The van der Waals surface area contributed by atoms with Crippen molar-refractivity contribution in [3.8, 4) is 0 Å². The molecule has 5 heteroatoms. The molecule has 0 aliphatic rings. The number of aliphatic carboxylic acids is 1. The van der Waals surface area contributed by atoms with Gasteiger partial charge in [0.05, 0.1) is 0 Å². The van der Waals surface area contributed by atoms with Crippen LogP contribution in [0.4, 0.5) is 4.39 Å². The third kappa shape index (κ3) is 4.81. The first-order chi connectivity index (χ1) is 10.0. The van der Waals surface area contributed by atoms with Crippen molar-refractivity contribution in [2.45, 2.75) is 13.1 Å². The minimum atomic E-state index is -1.05. The van der Waals surface area contributed by atoms with E-state index in [1.807, 2.05) is 17.3 Å². The largest absolute Gasteiger partial charge is 0.478 e. The van der Waals surface area contributed by atoms with E-state index in [9.17, 15) is 9.18 Å². The Bertz CT molecular complexity index is 638. The Labute approximate surface area is 127 Å². The highest BCUT2D eigenvalue weighted by Crippen LogP contribution is 2.15. The summed E-state index contributed by atoms with van der Waals surface area (Å²) in [6.45, 7) is 1.27. The van der Waals surface area contributed by atoms with Crippen molar-refractivity contribution in [2.24, 2.45) is 0 Å². The van der Waals surface area contributed by atoms with Crippen molar-refractivity contribution in [2.75, 3.05) is 7.05 Å². The first-order valence-corrected chi connectivity index (χ1v) is 7.38. The molecule has 0 bridgehead atoms. The average molecular weight is 305 g/mol. The lowest BCUT2D eigenvalue weighted by Gasteiger charge is -2.16. The fourth-order valence-corrected chi connectivity index (χ4v) is 2.66. The topological polar surface area (TPSA) is 40.5 Å². The molecule has 0 atom stereocenters. The Kier molecular flexibility index (Phi) is 5.25. The zero-order chi connectivity index (χ0) is 15.2. The molecule has 0 saturated carbocycles. The molecule has 1 heterocycles. The van der Waals surface area contributed by atoms with Gasteiger partial charge in [0.2, 0.25) is 0 Å². The van der Waals surface area contributed by atoms with E-state index in [4.69, 9.17) is 5.11 Å². The van der Waals surface area contributed by atoms with Crippen LogP contribution in [0.5, 0.6) is 0 Å². The molecule has 21 heavy (non-hydrogen) atoms. The molecule has 0 amide bonds. The Balaban J connectivity index is 2.02. The fraction of sp³-hybridized carbons (Fsp3) is 0.188. The summed E-state index contributed by atoms with van der Waals surface area (Å²) in [6, 6.07) is 6.82. The van der Waals surface area contributed by atoms with Crippen LogP contribution in [-0.2, 0) is 17.9 Å². The van der Waals surface area contributed by atoms with E-state index in [2.05, 4.69) is 11.4 Å². The molecule has 1 N–H and O–H groups in total. The van der Waals surface area contributed by atoms with Crippen LogP contribution < -0.4 is 0 Å². The maximum Gasteiger partial charge on any atom is 0.328 e. The predicted octanol–water partition coefficient (Wildman–Crippen LogP) is 3.62. The van der Waals surface area contributed by atoms with Crippen molar-refractivity contribution < 1.29 is 14.3 Å². The normalized spacial score (nSPS) is 11.4. The molecular formula is C16H16FNO2S. The SMILES string of the molecule is CN(Cc1ccsc1)Cc1ccc(C=CC(=O)O)cc1F. The zero-order valence-electron chi connectivity index (χ0n) is 11.6. The molecule has 1 aromatic carbocycles. The predicted molar refractivity (Wildman–Crippen MR) is 82.6 cm³/mol. The lowest BCUT2D eigenvalue weighted by Crippen LogP contribution is -2.17. The maximum atomic E-state index is 14.0. The summed E-state index contributed by atoms with van der Waals surface area (Å²) < 4.78 is 14.0. The van der Waals surface area contributed by atoms with Gasteiger partial charge in [-0.25, -0.2) is 9.18 Å². The maximum absolute atomic E-state index is 14.0. The molecule has 0 unspecified atom stereocenters. The van der Waals surface area contributed by atoms with E-state index in [-0.39, 0.29) is 5.82 Å². The molecule has 0 spiro atoms. The Morgan fingerprint density at radius 1 is 1.38 bits per heavy atom. The van der Waals surface area contributed by atoms with E-state index in [1.54, 1.807) is 23.5 Å². The van der Waals surface area contributed by atoms with Crippen molar-refractivity contribution in [3.63, 3.8) is 0 Å². The van der Waals surface area contributed by atoms with E-state index in [0.717, 1.165) is 12.6 Å². The van der Waals surface area contributed by atoms with Gasteiger partial charge in [-0.05, 0) is 47.1 Å². The lowest BCUT2D eigenvalue weighted by molar-refractivity contribution is -0.131. The number of carbonyl (C=O) groups is 1. The van der Waals surface area contributed by atoms with Crippen LogP contribution in [-0.4, -0.2) is 23.0 Å². The number of halogens is 1. The molecule has 0 aliphatic carbocycles. The minimum absolute atomic E-state index is 0.320. The van der Waals surface area contributed by atoms with Crippen LogP contribution in [0.3, 0.4) is 0 Å². The average Bonchev–Trinajstić information content (AvgIpc) is 2.92. The molecule has 3 nitrogen and oxygen atoms in total. The molecular weight excluding hydrogens is 289 g/mol. The summed E-state index contributed by atoms with van der Waals surface area (Å²) in [5.41, 5.74) is 2.35. The number of hydrogen-bond donors (Lipinski definition) is 1. The monoisotopic (exact) mass is 305 g/mol. The first-order valence-electron chi connectivity index (χ1n) is 6.43. The van der Waals surface area contributed by atoms with Crippen LogP contribution in [0.1, 0.15) is 16.7 Å². The smallest absolute Gasteiger partial charge is 0.328 e. The summed E-state index contributed by atoms with van der Waals surface area (Å²) in [7, 11) is 1.94. The highest BCUT2D eigenvalue weighted by Gasteiger charge is 2.07. The Hall–Kier alpha value is -1.98. The van der Waals surface area contributed by atoms with Gasteiger partial charge < -0.3 is 5.11 Å². The van der Waals surface area contributed by atoms with Crippen molar-refractivity contribution >= 4 is 23.4 Å². The van der Waals surface area contributed by atoms with Gasteiger partial charge in [-0.2, -0.15) is 11.3 Å². The highest BCUT2D eigenvalue weighted by atomic mass is 32.1. The number of benzene rings is 1. The van der Waals surface area contributed by atoms with Crippen molar-refractivity contribution in [1.29, 1.82) is 0 Å². The molecule has 0 aliphatic heterocycles. The molecule has 2 rings (SSSR count). The second-order valence-corrected chi connectivity index (χ2v) is 5.61. The van der Waals surface area contributed by atoms with E-state index in [1.165, 1.54) is 17.7 Å². The van der Waals surface area contributed by atoms with Gasteiger partial charge >= 0.3 is 5.97 Å². The molecule has 0 saturated heterocycles. The number of nitrogens with zero attached hydrogens (tertiary/aromatic N) is 1. The van der Waals surface area contributed by atoms with Gasteiger partial charge in [-0.3, -0.25) is 4.90 Å². The van der Waals surface area contributed by atoms with Crippen LogP contribution in [0.2, 0.25) is 0 Å². The van der Waals surface area contributed by atoms with E-state index >= 15 is 0 Å². The molecule has 0 fully saturated rings. The summed E-state index contributed by atoms with van der Waals surface area (Å²) >= 11 is 1.64. The zero-order valence-corrected chi connectivity index (χ0v) is 12.4. The third-order valence-corrected chi connectivity index (χ3v) is 3.70. The quantitative estimate of drug-likeness (QED) is 0.829. The Morgan fingerprint density at radius 3 is 2.81 bits per heavy atom. The lowest BCUT2D eigenvalue weighted by atomic mass is 10.1. The van der Waals surface area contributed by atoms with Crippen LogP contribution >= 0.6 is 11.3 Å². The second-order valence-electron chi connectivity index (χ2n) is 4.83. The summed E-state index contributed by atoms with van der Waals surface area (Å²) in [6.07, 6.45) is 2.38. The van der Waals surface area contributed by atoms with Gasteiger partial charge in [-0.1, -0.05) is 12.1 Å². The summed E-state index contributed by atoms with van der Waals surface area (Å²) in [4.78, 5) is 12.5. The van der Waals surface area contributed by atoms with Gasteiger partial charge in [0.1, 0.15) is 5.82 Å². The number of thiophene rings is 1. The number of hydrogen-bond acceptors (Lipinski definition) is 3. The molecule has 0 radical (unpaired) electrons. The molecule has 2 aromatic rings. The number of rotatable bonds is 6. The standard InChI is InChI=1S/C16H16FNO2S/c1-18(9-13-6-7-21-11-13)10-14-4-2-12(8-15(14)17)3-5-16(19)20/h2-8,11H,9-10H2,1H3,(H,19,20). The third-order valence-electron chi connectivity index (χ3n) is 2.97. The van der Waals surface area contributed by atoms with Crippen LogP contribution in [0.25, 0.3) is 6.08 Å². The van der Waals surface area contributed by atoms with Gasteiger partial charge in [0.25, 0.3) is 0 Å². The van der Waals surface area contributed by atoms with E-state index < -0.39 is 5.97 Å². The molecule has 1 aromatic heterocycles. The summed E-state index contributed by atoms with van der Waals surface area (Å²) in [5.74, 6) is -1.37.